The fourth-order valence-electron chi connectivity index (χ4n) is 2.65. The van der Waals surface area contributed by atoms with Crippen molar-refractivity contribution in [1.82, 2.24) is 14.9 Å². The Balaban J connectivity index is 1.90. The van der Waals surface area contributed by atoms with Gasteiger partial charge >= 0.3 is 0 Å². The van der Waals surface area contributed by atoms with Crippen LogP contribution in [-0.4, -0.2) is 21.5 Å². The minimum Gasteiger partial charge on any atom is -0.349 e. The standard InChI is InChI=1S/C15H16FN3O/c16-11-5-6-14(19-8-7-17-10-19)13(9-11)15(20)18-12-3-1-2-4-12/h5-10,12H,1-4H2,(H,18,20). The highest BCUT2D eigenvalue weighted by molar-refractivity contribution is 5.98. The summed E-state index contributed by atoms with van der Waals surface area (Å²) in [6, 6.07) is 4.43. The zero-order valence-electron chi connectivity index (χ0n) is 11.1. The van der Waals surface area contributed by atoms with E-state index >= 15 is 0 Å². The third-order valence-corrected chi connectivity index (χ3v) is 3.68. The molecular formula is C15H16FN3O. The SMILES string of the molecule is O=C(NC1CCCC1)c1cc(F)ccc1-n1ccnc1. The van der Waals surface area contributed by atoms with Gasteiger partial charge in [-0.3, -0.25) is 4.79 Å². The second-order valence-electron chi connectivity index (χ2n) is 5.09. The maximum Gasteiger partial charge on any atom is 0.253 e. The average Bonchev–Trinajstić information content (AvgIpc) is 3.11. The second kappa shape index (κ2) is 5.45. The Kier molecular flexibility index (Phi) is 3.50. The molecule has 4 nitrogen and oxygen atoms in total. The van der Waals surface area contributed by atoms with Gasteiger partial charge in [-0.1, -0.05) is 12.8 Å². The lowest BCUT2D eigenvalue weighted by Gasteiger charge is -2.15. The number of carbonyl (C=O) groups is 1. The van der Waals surface area contributed by atoms with Crippen LogP contribution < -0.4 is 5.32 Å². The Labute approximate surface area is 116 Å². The van der Waals surface area contributed by atoms with Gasteiger partial charge < -0.3 is 9.88 Å². The highest BCUT2D eigenvalue weighted by Crippen LogP contribution is 2.20. The van der Waals surface area contributed by atoms with Crippen LogP contribution >= 0.6 is 0 Å². The Morgan fingerprint density at radius 3 is 2.85 bits per heavy atom. The van der Waals surface area contributed by atoms with E-state index in [1.165, 1.54) is 12.1 Å². The van der Waals surface area contributed by atoms with Crippen molar-refractivity contribution in [3.8, 4) is 5.69 Å². The number of imidazole rings is 1. The van der Waals surface area contributed by atoms with E-state index in [4.69, 9.17) is 0 Å². The van der Waals surface area contributed by atoms with Crippen LogP contribution in [0.2, 0.25) is 0 Å². The summed E-state index contributed by atoms with van der Waals surface area (Å²) in [6.07, 6.45) is 9.25. The van der Waals surface area contributed by atoms with Gasteiger partial charge in [-0.05, 0) is 31.0 Å². The Hall–Kier alpha value is -2.17. The number of benzene rings is 1. The van der Waals surface area contributed by atoms with Gasteiger partial charge in [-0.15, -0.1) is 0 Å². The minimum absolute atomic E-state index is 0.210. The molecule has 5 heteroatoms. The van der Waals surface area contributed by atoms with Crippen molar-refractivity contribution in [3.63, 3.8) is 0 Å². The van der Waals surface area contributed by atoms with E-state index in [0.717, 1.165) is 25.7 Å². The molecule has 1 saturated carbocycles. The molecule has 0 bridgehead atoms. The van der Waals surface area contributed by atoms with E-state index in [0.29, 0.717) is 11.3 Å². The van der Waals surface area contributed by atoms with Crippen LogP contribution in [0, 0.1) is 5.82 Å². The number of hydrogen-bond donors (Lipinski definition) is 1. The Morgan fingerprint density at radius 2 is 2.15 bits per heavy atom. The van der Waals surface area contributed by atoms with Crippen LogP contribution in [0.3, 0.4) is 0 Å². The quantitative estimate of drug-likeness (QED) is 0.934. The summed E-state index contributed by atoms with van der Waals surface area (Å²) in [5, 5.41) is 2.99. The molecule has 0 radical (unpaired) electrons. The van der Waals surface area contributed by atoms with Crippen LogP contribution in [0.1, 0.15) is 36.0 Å². The third-order valence-electron chi connectivity index (χ3n) is 3.68. The lowest BCUT2D eigenvalue weighted by atomic mass is 10.1. The van der Waals surface area contributed by atoms with Gasteiger partial charge in [0.05, 0.1) is 17.6 Å². The van der Waals surface area contributed by atoms with E-state index in [2.05, 4.69) is 10.3 Å². The first kappa shape index (κ1) is 12.8. The summed E-state index contributed by atoms with van der Waals surface area (Å²) < 4.78 is 15.2. The normalized spacial score (nSPS) is 15.4. The first-order valence-electron chi connectivity index (χ1n) is 6.83. The molecule has 0 spiro atoms. The van der Waals surface area contributed by atoms with Crippen LogP contribution in [0.25, 0.3) is 5.69 Å². The molecule has 20 heavy (non-hydrogen) atoms. The molecule has 2 aromatic rings. The molecule has 1 N–H and O–H groups in total. The molecule has 0 aliphatic heterocycles. The molecule has 0 saturated heterocycles. The number of carbonyl (C=O) groups excluding carboxylic acids is 1. The fraction of sp³-hybridized carbons (Fsp3) is 0.333. The first-order chi connectivity index (χ1) is 9.74. The number of hydrogen-bond acceptors (Lipinski definition) is 2. The Bertz CT molecular complexity index is 604. The van der Waals surface area contributed by atoms with Crippen molar-refractivity contribution in [2.75, 3.05) is 0 Å². The van der Waals surface area contributed by atoms with E-state index in [1.54, 1.807) is 29.4 Å². The maximum absolute atomic E-state index is 13.5. The highest BCUT2D eigenvalue weighted by atomic mass is 19.1. The number of aromatic nitrogens is 2. The van der Waals surface area contributed by atoms with Gasteiger partial charge in [0, 0.05) is 18.4 Å². The van der Waals surface area contributed by atoms with Crippen LogP contribution in [0.15, 0.2) is 36.9 Å². The van der Waals surface area contributed by atoms with Crippen LogP contribution in [0.4, 0.5) is 4.39 Å². The highest BCUT2D eigenvalue weighted by Gasteiger charge is 2.20. The predicted molar refractivity (Wildman–Crippen MR) is 73.2 cm³/mol. The number of rotatable bonds is 3. The monoisotopic (exact) mass is 273 g/mol. The van der Waals surface area contributed by atoms with Crippen LogP contribution in [0.5, 0.6) is 0 Å². The molecule has 1 aromatic carbocycles. The molecule has 3 rings (SSSR count). The number of nitrogens with zero attached hydrogens (tertiary/aromatic N) is 2. The van der Waals surface area contributed by atoms with Gasteiger partial charge in [0.2, 0.25) is 0 Å². The number of halogens is 1. The third kappa shape index (κ3) is 2.57. The lowest BCUT2D eigenvalue weighted by molar-refractivity contribution is 0.0937. The van der Waals surface area contributed by atoms with Gasteiger partial charge in [-0.2, -0.15) is 0 Å². The predicted octanol–water partition coefficient (Wildman–Crippen LogP) is 2.68. The van der Waals surface area contributed by atoms with Gasteiger partial charge in [0.1, 0.15) is 5.82 Å². The van der Waals surface area contributed by atoms with E-state index in [9.17, 15) is 9.18 Å². The molecule has 1 aliphatic rings. The number of amides is 1. The largest absolute Gasteiger partial charge is 0.349 e. The zero-order valence-corrected chi connectivity index (χ0v) is 11.1. The molecule has 104 valence electrons. The Morgan fingerprint density at radius 1 is 1.35 bits per heavy atom. The minimum atomic E-state index is -0.412. The summed E-state index contributed by atoms with van der Waals surface area (Å²) in [5.74, 6) is -0.634. The summed E-state index contributed by atoms with van der Waals surface area (Å²) >= 11 is 0. The van der Waals surface area contributed by atoms with Crippen molar-refractivity contribution in [3.05, 3.63) is 48.3 Å². The van der Waals surface area contributed by atoms with Crippen LogP contribution in [-0.2, 0) is 0 Å². The molecule has 1 heterocycles. The molecule has 1 amide bonds. The zero-order chi connectivity index (χ0) is 13.9. The van der Waals surface area contributed by atoms with Crippen molar-refractivity contribution in [2.24, 2.45) is 0 Å². The smallest absolute Gasteiger partial charge is 0.253 e. The lowest BCUT2D eigenvalue weighted by Crippen LogP contribution is -2.33. The molecule has 0 atom stereocenters. The summed E-state index contributed by atoms with van der Waals surface area (Å²) in [7, 11) is 0. The number of nitrogens with one attached hydrogen (secondary N) is 1. The molecule has 0 unspecified atom stereocenters. The average molecular weight is 273 g/mol. The maximum atomic E-state index is 13.5. The first-order valence-corrected chi connectivity index (χ1v) is 6.83. The van der Waals surface area contributed by atoms with E-state index in [1.807, 2.05) is 0 Å². The summed E-state index contributed by atoms with van der Waals surface area (Å²) in [4.78, 5) is 16.3. The summed E-state index contributed by atoms with van der Waals surface area (Å²) in [6.45, 7) is 0. The molecule has 1 fully saturated rings. The van der Waals surface area contributed by atoms with Gasteiger partial charge in [0.15, 0.2) is 0 Å². The van der Waals surface area contributed by atoms with E-state index in [-0.39, 0.29) is 11.9 Å². The fourth-order valence-corrected chi connectivity index (χ4v) is 2.65. The summed E-state index contributed by atoms with van der Waals surface area (Å²) in [5.41, 5.74) is 0.981. The van der Waals surface area contributed by atoms with Crippen molar-refractivity contribution >= 4 is 5.91 Å². The van der Waals surface area contributed by atoms with Gasteiger partial charge in [0.25, 0.3) is 5.91 Å². The van der Waals surface area contributed by atoms with E-state index < -0.39 is 5.82 Å². The van der Waals surface area contributed by atoms with Crippen molar-refractivity contribution < 1.29 is 9.18 Å². The molecule has 1 aliphatic carbocycles. The molecular weight excluding hydrogens is 257 g/mol. The topological polar surface area (TPSA) is 46.9 Å². The molecule has 1 aromatic heterocycles. The second-order valence-corrected chi connectivity index (χ2v) is 5.09. The van der Waals surface area contributed by atoms with Crippen molar-refractivity contribution in [2.45, 2.75) is 31.7 Å². The van der Waals surface area contributed by atoms with Crippen molar-refractivity contribution in [1.29, 1.82) is 0 Å². The van der Waals surface area contributed by atoms with Gasteiger partial charge in [-0.25, -0.2) is 9.37 Å².